The monoisotopic (exact) mass is 329 g/mol. The highest BCUT2D eigenvalue weighted by Gasteiger charge is 2.24. The van der Waals surface area contributed by atoms with Crippen LogP contribution in [-0.2, 0) is 10.5 Å². The third-order valence-electron chi connectivity index (χ3n) is 3.38. The van der Waals surface area contributed by atoms with Gasteiger partial charge in [0.1, 0.15) is 0 Å². The number of anilines is 1. The lowest BCUT2D eigenvalue weighted by atomic mass is 10.2. The number of rotatable bonds is 3. The zero-order valence-electron chi connectivity index (χ0n) is 11.4. The lowest BCUT2D eigenvalue weighted by molar-refractivity contribution is 0.0987. The number of morpholine rings is 1. The van der Waals surface area contributed by atoms with E-state index in [0.29, 0.717) is 11.3 Å². The molecule has 1 saturated heterocycles. The van der Waals surface area contributed by atoms with Crippen LogP contribution in [0, 0.1) is 0 Å². The Kier molecular flexibility index (Phi) is 4.35. The van der Waals surface area contributed by atoms with Gasteiger partial charge in [0.25, 0.3) is 0 Å². The fraction of sp³-hybridized carbons (Fsp3) is 0.538. The van der Waals surface area contributed by atoms with Crippen molar-refractivity contribution in [1.29, 1.82) is 0 Å². The van der Waals surface area contributed by atoms with Crippen LogP contribution in [0.5, 0.6) is 0 Å². The molecule has 2 aromatic rings. The Morgan fingerprint density at radius 2 is 2.40 bits per heavy atom. The van der Waals surface area contributed by atoms with Crippen LogP contribution < -0.4 is 4.90 Å². The first kappa shape index (κ1) is 14.4. The zero-order valence-corrected chi connectivity index (χ0v) is 13.8. The van der Waals surface area contributed by atoms with Gasteiger partial charge in [0.05, 0.1) is 29.5 Å². The molecular weight excluding hydrogens is 314 g/mol. The van der Waals surface area contributed by atoms with E-state index in [1.165, 1.54) is 5.56 Å². The highest BCUT2D eigenvalue weighted by Crippen LogP contribution is 2.35. The lowest BCUT2D eigenvalue weighted by Crippen LogP contribution is -2.44. The molecule has 1 fully saturated rings. The first-order chi connectivity index (χ1) is 9.70. The van der Waals surface area contributed by atoms with Crippen molar-refractivity contribution in [2.24, 2.45) is 0 Å². The summed E-state index contributed by atoms with van der Waals surface area (Å²) in [4.78, 5) is 11.2. The Labute approximate surface area is 131 Å². The van der Waals surface area contributed by atoms with E-state index in [2.05, 4.69) is 33.4 Å². The first-order valence-electron chi connectivity index (χ1n) is 6.47. The van der Waals surface area contributed by atoms with E-state index in [1.54, 1.807) is 23.1 Å². The highest BCUT2D eigenvalue weighted by molar-refractivity contribution is 7.97. The maximum atomic E-state index is 6.14. The summed E-state index contributed by atoms with van der Waals surface area (Å²) in [6.45, 7) is 4.46. The van der Waals surface area contributed by atoms with Crippen LogP contribution in [0.15, 0.2) is 5.38 Å². The average Bonchev–Trinajstić information content (AvgIpc) is 2.82. The van der Waals surface area contributed by atoms with Gasteiger partial charge in [0, 0.05) is 12.3 Å². The number of fused-ring (bicyclic) bond motifs is 1. The van der Waals surface area contributed by atoms with E-state index in [9.17, 15) is 0 Å². The second-order valence-corrected chi connectivity index (χ2v) is 6.89. The molecule has 108 valence electrons. The molecule has 20 heavy (non-hydrogen) atoms. The van der Waals surface area contributed by atoms with E-state index < -0.39 is 0 Å². The van der Waals surface area contributed by atoms with Gasteiger partial charge in [-0.15, -0.1) is 11.3 Å². The van der Waals surface area contributed by atoms with Gasteiger partial charge in [-0.3, -0.25) is 0 Å². The number of thioether (sulfide) groups is 1. The van der Waals surface area contributed by atoms with Crippen molar-refractivity contribution in [1.82, 2.24) is 9.97 Å². The highest BCUT2D eigenvalue weighted by atomic mass is 35.5. The minimum Gasteiger partial charge on any atom is -0.377 e. The van der Waals surface area contributed by atoms with Crippen molar-refractivity contribution < 1.29 is 4.74 Å². The van der Waals surface area contributed by atoms with E-state index >= 15 is 0 Å². The van der Waals surface area contributed by atoms with Crippen LogP contribution in [0.25, 0.3) is 10.2 Å². The summed E-state index contributed by atoms with van der Waals surface area (Å²) in [5, 5.41) is 2.49. The predicted octanol–water partition coefficient (Wildman–Crippen LogP) is 3.43. The van der Waals surface area contributed by atoms with E-state index in [0.717, 1.165) is 41.5 Å². The summed E-state index contributed by atoms with van der Waals surface area (Å²) < 4.78 is 6.63. The van der Waals surface area contributed by atoms with Crippen molar-refractivity contribution in [3.63, 3.8) is 0 Å². The minimum absolute atomic E-state index is 0.309. The molecule has 4 nitrogen and oxygen atoms in total. The zero-order chi connectivity index (χ0) is 14.1. The lowest BCUT2D eigenvalue weighted by Gasteiger charge is -2.34. The molecule has 0 saturated carbocycles. The van der Waals surface area contributed by atoms with Crippen LogP contribution in [-0.4, -0.2) is 42.0 Å². The Hall–Kier alpha value is -0.560. The van der Waals surface area contributed by atoms with Crippen LogP contribution in [0.3, 0.4) is 0 Å². The number of ether oxygens (including phenoxy) is 1. The maximum Gasteiger partial charge on any atom is 0.224 e. The fourth-order valence-electron chi connectivity index (χ4n) is 2.42. The molecule has 0 spiro atoms. The molecule has 7 heteroatoms. The van der Waals surface area contributed by atoms with Crippen LogP contribution in [0.4, 0.5) is 5.82 Å². The predicted molar refractivity (Wildman–Crippen MR) is 87.3 cm³/mol. The molecule has 3 heterocycles. The number of hydrogen-bond acceptors (Lipinski definition) is 6. The number of thiophene rings is 1. The molecule has 1 aliphatic rings. The molecule has 1 aliphatic heterocycles. The van der Waals surface area contributed by atoms with Crippen molar-refractivity contribution in [3.05, 3.63) is 16.2 Å². The Morgan fingerprint density at radius 3 is 3.15 bits per heavy atom. The second kappa shape index (κ2) is 6.05. The van der Waals surface area contributed by atoms with Gasteiger partial charge >= 0.3 is 0 Å². The molecule has 1 atom stereocenters. The summed E-state index contributed by atoms with van der Waals surface area (Å²) in [6, 6.07) is 0.309. The molecule has 0 aromatic carbocycles. The third kappa shape index (κ3) is 2.62. The summed E-state index contributed by atoms with van der Waals surface area (Å²) in [7, 11) is 0. The molecule has 2 aromatic heterocycles. The number of halogens is 1. The standard InChI is InChI=1S/C13H16ClN3OS2/c1-8-5-18-4-3-17(8)12-11-10(15-13(14)16-12)9(6-19-2)7-20-11/h7-8H,3-6H2,1-2H3/t8-/m1/s1. The number of aromatic nitrogens is 2. The molecule has 3 rings (SSSR count). The number of hydrogen-bond donors (Lipinski definition) is 0. The van der Waals surface area contributed by atoms with Gasteiger partial charge in [0.15, 0.2) is 5.82 Å². The summed E-state index contributed by atoms with van der Waals surface area (Å²) in [5.41, 5.74) is 2.24. The Bertz CT molecular complexity index is 619. The molecule has 0 unspecified atom stereocenters. The molecular formula is C13H16ClN3OS2. The first-order valence-corrected chi connectivity index (χ1v) is 9.12. The van der Waals surface area contributed by atoms with E-state index in [1.807, 2.05) is 0 Å². The summed E-state index contributed by atoms with van der Waals surface area (Å²) >= 11 is 9.63. The minimum atomic E-state index is 0.309. The molecule has 0 radical (unpaired) electrons. The van der Waals surface area contributed by atoms with Crippen molar-refractivity contribution in [2.45, 2.75) is 18.7 Å². The summed E-state index contributed by atoms with van der Waals surface area (Å²) in [5.74, 6) is 1.90. The molecule has 0 amide bonds. The normalized spacial score (nSPS) is 19.8. The topological polar surface area (TPSA) is 38.2 Å². The van der Waals surface area contributed by atoms with Gasteiger partial charge in [-0.05, 0) is 35.7 Å². The van der Waals surface area contributed by atoms with Gasteiger partial charge in [-0.2, -0.15) is 16.7 Å². The van der Waals surface area contributed by atoms with Gasteiger partial charge in [-0.1, -0.05) is 0 Å². The van der Waals surface area contributed by atoms with E-state index in [4.69, 9.17) is 16.3 Å². The van der Waals surface area contributed by atoms with Crippen molar-refractivity contribution >= 4 is 50.7 Å². The van der Waals surface area contributed by atoms with Crippen molar-refractivity contribution in [2.75, 3.05) is 30.9 Å². The Morgan fingerprint density at radius 1 is 1.55 bits per heavy atom. The maximum absolute atomic E-state index is 6.14. The molecule has 0 N–H and O–H groups in total. The van der Waals surface area contributed by atoms with Crippen LogP contribution in [0.1, 0.15) is 12.5 Å². The largest absolute Gasteiger partial charge is 0.377 e. The second-order valence-electron chi connectivity index (χ2n) is 4.81. The Balaban J connectivity index is 2.10. The van der Waals surface area contributed by atoms with E-state index in [-0.39, 0.29) is 0 Å². The van der Waals surface area contributed by atoms with Gasteiger partial charge < -0.3 is 9.64 Å². The smallest absolute Gasteiger partial charge is 0.224 e. The molecule has 0 aliphatic carbocycles. The summed E-state index contributed by atoms with van der Waals surface area (Å²) in [6.07, 6.45) is 2.09. The third-order valence-corrected chi connectivity index (χ3v) is 5.17. The SMILES string of the molecule is CSCc1csc2c(N3CCOC[C@H]3C)nc(Cl)nc12. The number of nitrogens with zero attached hydrogens (tertiary/aromatic N) is 3. The van der Waals surface area contributed by atoms with Gasteiger partial charge in [-0.25, -0.2) is 4.98 Å². The fourth-order valence-corrected chi connectivity index (χ4v) is 4.23. The average molecular weight is 330 g/mol. The van der Waals surface area contributed by atoms with Crippen molar-refractivity contribution in [3.8, 4) is 0 Å². The van der Waals surface area contributed by atoms with Crippen LogP contribution >= 0.6 is 34.7 Å². The molecule has 0 bridgehead atoms. The quantitative estimate of drug-likeness (QED) is 0.807. The van der Waals surface area contributed by atoms with Crippen LogP contribution in [0.2, 0.25) is 5.28 Å². The van der Waals surface area contributed by atoms with Gasteiger partial charge in [0.2, 0.25) is 5.28 Å².